The van der Waals surface area contributed by atoms with Crippen LogP contribution in [0.5, 0.6) is 0 Å². The SMILES string of the molecule is CNCc1ccc(NS(=O)(=O)c2ccccc2)cc1-c1ccco1. The van der Waals surface area contributed by atoms with E-state index in [0.29, 0.717) is 18.0 Å². The van der Waals surface area contributed by atoms with Gasteiger partial charge in [-0.2, -0.15) is 0 Å². The van der Waals surface area contributed by atoms with Gasteiger partial charge < -0.3 is 9.73 Å². The van der Waals surface area contributed by atoms with Crippen molar-refractivity contribution in [1.29, 1.82) is 0 Å². The zero-order chi connectivity index (χ0) is 17.0. The molecule has 3 aromatic rings. The number of nitrogens with one attached hydrogen (secondary N) is 2. The lowest BCUT2D eigenvalue weighted by Crippen LogP contribution is -2.13. The maximum absolute atomic E-state index is 12.5. The number of furan rings is 1. The third-order valence-electron chi connectivity index (χ3n) is 3.57. The number of hydrogen-bond donors (Lipinski definition) is 2. The highest BCUT2D eigenvalue weighted by Crippen LogP contribution is 2.28. The average Bonchev–Trinajstić information content (AvgIpc) is 3.11. The molecule has 24 heavy (non-hydrogen) atoms. The van der Waals surface area contributed by atoms with E-state index >= 15 is 0 Å². The molecule has 0 atom stereocenters. The van der Waals surface area contributed by atoms with Gasteiger partial charge in [0.15, 0.2) is 0 Å². The lowest BCUT2D eigenvalue weighted by atomic mass is 10.0. The third-order valence-corrected chi connectivity index (χ3v) is 4.97. The first-order valence-electron chi connectivity index (χ1n) is 7.49. The second-order valence-electron chi connectivity index (χ2n) is 5.30. The van der Waals surface area contributed by atoms with Crippen molar-refractivity contribution < 1.29 is 12.8 Å². The highest BCUT2D eigenvalue weighted by Gasteiger charge is 2.15. The Bertz CT molecular complexity index is 905. The summed E-state index contributed by atoms with van der Waals surface area (Å²) in [6, 6.07) is 17.4. The van der Waals surface area contributed by atoms with Crippen LogP contribution in [0.1, 0.15) is 5.56 Å². The molecule has 2 aromatic carbocycles. The number of sulfonamides is 1. The fourth-order valence-corrected chi connectivity index (χ4v) is 3.53. The van der Waals surface area contributed by atoms with Gasteiger partial charge in [-0.25, -0.2) is 8.42 Å². The fourth-order valence-electron chi connectivity index (χ4n) is 2.46. The summed E-state index contributed by atoms with van der Waals surface area (Å²) in [5.41, 5.74) is 2.36. The summed E-state index contributed by atoms with van der Waals surface area (Å²) in [5, 5.41) is 3.10. The molecular weight excluding hydrogens is 324 g/mol. The molecule has 0 radical (unpaired) electrons. The molecule has 0 saturated carbocycles. The molecule has 0 spiro atoms. The highest BCUT2D eigenvalue weighted by molar-refractivity contribution is 7.92. The molecule has 6 heteroatoms. The summed E-state index contributed by atoms with van der Waals surface area (Å²) in [6.07, 6.45) is 1.60. The van der Waals surface area contributed by atoms with Gasteiger partial charge in [-0.3, -0.25) is 4.72 Å². The summed E-state index contributed by atoms with van der Waals surface area (Å²) in [5.74, 6) is 0.695. The van der Waals surface area contributed by atoms with E-state index in [1.807, 2.05) is 19.2 Å². The highest BCUT2D eigenvalue weighted by atomic mass is 32.2. The Hall–Kier alpha value is -2.57. The quantitative estimate of drug-likeness (QED) is 0.719. The second-order valence-corrected chi connectivity index (χ2v) is 6.98. The molecule has 124 valence electrons. The first-order valence-corrected chi connectivity index (χ1v) is 8.98. The molecule has 0 amide bonds. The van der Waals surface area contributed by atoms with Crippen LogP contribution in [0, 0.1) is 0 Å². The van der Waals surface area contributed by atoms with E-state index in [2.05, 4.69) is 10.0 Å². The minimum atomic E-state index is -3.62. The maximum atomic E-state index is 12.5. The van der Waals surface area contributed by atoms with Crippen LogP contribution in [0.3, 0.4) is 0 Å². The Morgan fingerprint density at radius 2 is 1.79 bits per heavy atom. The Kier molecular flexibility index (Phi) is 4.69. The zero-order valence-corrected chi connectivity index (χ0v) is 14.0. The van der Waals surface area contributed by atoms with Gasteiger partial charge in [0.05, 0.1) is 11.2 Å². The first-order chi connectivity index (χ1) is 11.6. The second kappa shape index (κ2) is 6.90. The molecule has 0 aliphatic carbocycles. The summed E-state index contributed by atoms with van der Waals surface area (Å²) in [7, 11) is -1.76. The average molecular weight is 342 g/mol. The summed E-state index contributed by atoms with van der Waals surface area (Å²) < 4.78 is 33.0. The minimum absolute atomic E-state index is 0.226. The van der Waals surface area contributed by atoms with E-state index in [-0.39, 0.29) is 4.90 Å². The van der Waals surface area contributed by atoms with E-state index < -0.39 is 10.0 Å². The smallest absolute Gasteiger partial charge is 0.261 e. The van der Waals surface area contributed by atoms with Crippen molar-refractivity contribution in [2.24, 2.45) is 0 Å². The van der Waals surface area contributed by atoms with Crippen LogP contribution >= 0.6 is 0 Å². The number of hydrogen-bond acceptors (Lipinski definition) is 4. The van der Waals surface area contributed by atoms with Crippen molar-refractivity contribution in [2.75, 3.05) is 11.8 Å². The molecule has 0 bridgehead atoms. The topological polar surface area (TPSA) is 71.3 Å². The third kappa shape index (κ3) is 3.50. The summed E-state index contributed by atoms with van der Waals surface area (Å²) in [4.78, 5) is 0.226. The van der Waals surface area contributed by atoms with Crippen molar-refractivity contribution in [2.45, 2.75) is 11.4 Å². The van der Waals surface area contributed by atoms with Gasteiger partial charge in [-0.15, -0.1) is 0 Å². The Balaban J connectivity index is 1.96. The molecule has 3 rings (SSSR count). The van der Waals surface area contributed by atoms with Crippen molar-refractivity contribution >= 4 is 15.7 Å². The van der Waals surface area contributed by atoms with Gasteiger partial charge in [0, 0.05) is 17.8 Å². The molecule has 0 aliphatic rings. The number of rotatable bonds is 6. The predicted octanol–water partition coefficient (Wildman–Crippen LogP) is 3.47. The van der Waals surface area contributed by atoms with Crippen LogP contribution in [0.25, 0.3) is 11.3 Å². The maximum Gasteiger partial charge on any atom is 0.261 e. The predicted molar refractivity (Wildman–Crippen MR) is 94.2 cm³/mol. The van der Waals surface area contributed by atoms with E-state index in [1.165, 1.54) is 0 Å². The monoisotopic (exact) mass is 342 g/mol. The minimum Gasteiger partial charge on any atom is -0.464 e. The molecule has 2 N–H and O–H groups in total. The van der Waals surface area contributed by atoms with E-state index in [4.69, 9.17) is 4.42 Å². The molecule has 0 fully saturated rings. The van der Waals surface area contributed by atoms with Crippen LogP contribution < -0.4 is 10.0 Å². The molecule has 0 aliphatic heterocycles. The Morgan fingerprint density at radius 1 is 1.00 bits per heavy atom. The first kappa shape index (κ1) is 16.3. The van der Waals surface area contributed by atoms with E-state index in [9.17, 15) is 8.42 Å². The number of benzene rings is 2. The van der Waals surface area contributed by atoms with Gasteiger partial charge in [0.25, 0.3) is 10.0 Å². The lowest BCUT2D eigenvalue weighted by molar-refractivity contribution is 0.581. The van der Waals surface area contributed by atoms with E-state index in [1.54, 1.807) is 54.8 Å². The van der Waals surface area contributed by atoms with Crippen LogP contribution in [-0.4, -0.2) is 15.5 Å². The molecule has 5 nitrogen and oxygen atoms in total. The van der Waals surface area contributed by atoms with Crippen LogP contribution in [-0.2, 0) is 16.6 Å². The zero-order valence-electron chi connectivity index (χ0n) is 13.2. The molecule has 0 unspecified atom stereocenters. The molecular formula is C18H18N2O3S. The molecule has 1 aromatic heterocycles. The van der Waals surface area contributed by atoms with E-state index in [0.717, 1.165) is 11.1 Å². The lowest BCUT2D eigenvalue weighted by Gasteiger charge is -2.12. The van der Waals surface area contributed by atoms with Crippen molar-refractivity contribution in [3.05, 3.63) is 72.5 Å². The Labute approximate surface area is 141 Å². The summed E-state index contributed by atoms with van der Waals surface area (Å²) >= 11 is 0. The largest absolute Gasteiger partial charge is 0.464 e. The van der Waals surface area contributed by atoms with Crippen molar-refractivity contribution in [3.63, 3.8) is 0 Å². The Morgan fingerprint density at radius 3 is 2.46 bits per heavy atom. The van der Waals surface area contributed by atoms with Gasteiger partial charge in [-0.05, 0) is 49.0 Å². The van der Waals surface area contributed by atoms with Crippen molar-refractivity contribution in [1.82, 2.24) is 5.32 Å². The number of anilines is 1. The van der Waals surface area contributed by atoms with Crippen LogP contribution in [0.15, 0.2) is 76.2 Å². The fraction of sp³-hybridized carbons (Fsp3) is 0.111. The molecule has 0 saturated heterocycles. The van der Waals surface area contributed by atoms with Crippen LogP contribution in [0.2, 0.25) is 0 Å². The van der Waals surface area contributed by atoms with Gasteiger partial charge in [0.2, 0.25) is 0 Å². The summed E-state index contributed by atoms with van der Waals surface area (Å²) in [6.45, 7) is 0.655. The van der Waals surface area contributed by atoms with Gasteiger partial charge >= 0.3 is 0 Å². The van der Waals surface area contributed by atoms with Gasteiger partial charge in [-0.1, -0.05) is 24.3 Å². The standard InChI is InChI=1S/C18H18N2O3S/c1-19-13-14-9-10-15(12-17(14)18-8-5-11-23-18)20-24(21,22)16-6-3-2-4-7-16/h2-12,19-20H,13H2,1H3. The van der Waals surface area contributed by atoms with Crippen LogP contribution in [0.4, 0.5) is 5.69 Å². The van der Waals surface area contributed by atoms with Gasteiger partial charge in [0.1, 0.15) is 5.76 Å². The normalized spacial score (nSPS) is 11.4. The van der Waals surface area contributed by atoms with Crippen molar-refractivity contribution in [3.8, 4) is 11.3 Å². The molecule has 1 heterocycles.